The van der Waals surface area contributed by atoms with Gasteiger partial charge in [0.15, 0.2) is 0 Å². The molecule has 0 aromatic heterocycles. The van der Waals surface area contributed by atoms with Crippen molar-refractivity contribution in [1.29, 1.82) is 0 Å². The van der Waals surface area contributed by atoms with E-state index in [0.29, 0.717) is 18.1 Å². The molecule has 0 heterocycles. The van der Waals surface area contributed by atoms with E-state index in [4.69, 9.17) is 0 Å². The SMILES string of the molecule is CC(C)C(C)(C)C1=C[C](C)([Zr+2][C]2(C)C=CC(C(C)(C)C(C)C)=C2)C=C1.[Cl-].[Cl-]. The Morgan fingerprint density at radius 3 is 1.26 bits per heavy atom. The van der Waals surface area contributed by atoms with Gasteiger partial charge in [-0.2, -0.15) is 0 Å². The van der Waals surface area contributed by atoms with Crippen molar-refractivity contribution in [2.75, 3.05) is 0 Å². The van der Waals surface area contributed by atoms with Gasteiger partial charge >= 0.3 is 169 Å². The molecule has 2 aliphatic carbocycles. The van der Waals surface area contributed by atoms with Gasteiger partial charge in [-0.3, -0.25) is 0 Å². The minimum atomic E-state index is -0.725. The van der Waals surface area contributed by atoms with Gasteiger partial charge in [0.25, 0.3) is 0 Å². The molecule has 0 bridgehead atoms. The molecule has 0 spiro atoms. The monoisotopic (exact) mass is 486 g/mol. The quantitative estimate of drug-likeness (QED) is 0.535. The summed E-state index contributed by atoms with van der Waals surface area (Å²) in [7, 11) is 0. The summed E-state index contributed by atoms with van der Waals surface area (Å²) in [5.74, 6) is 1.33. The predicted octanol–water partition coefficient (Wildman–Crippen LogP) is 1.79. The van der Waals surface area contributed by atoms with Gasteiger partial charge in [-0.25, -0.2) is 0 Å². The molecule has 2 unspecified atom stereocenters. The molecule has 0 nitrogen and oxygen atoms in total. The van der Waals surface area contributed by atoms with Gasteiger partial charge < -0.3 is 24.8 Å². The zero-order chi connectivity index (χ0) is 19.3. The van der Waals surface area contributed by atoms with Crippen LogP contribution in [0.1, 0.15) is 69.2 Å². The fraction of sp³-hybridized carbons (Fsp3) is 0.667. The summed E-state index contributed by atoms with van der Waals surface area (Å²) in [5, 5.41) is 0. The van der Waals surface area contributed by atoms with Crippen molar-refractivity contribution in [3.05, 3.63) is 47.6 Å². The van der Waals surface area contributed by atoms with Gasteiger partial charge in [-0.1, -0.05) is 0 Å². The zero-order valence-corrected chi connectivity index (χ0v) is 22.8. The van der Waals surface area contributed by atoms with Crippen LogP contribution in [-0.4, -0.2) is 0 Å². The Labute approximate surface area is 192 Å². The fourth-order valence-corrected chi connectivity index (χ4v) is 8.36. The standard InChI is InChI=1S/2C12H19.2ClH.Zr/c2*1-9(2)12(4,5)11-7-6-10(3)8-11;;;/h2*6-9H,1-5H3;2*1H;/q;;;;+2/p-2. The van der Waals surface area contributed by atoms with Crippen LogP contribution in [0.3, 0.4) is 0 Å². The third kappa shape index (κ3) is 5.74. The minimum absolute atomic E-state index is 0. The second kappa shape index (κ2) is 9.06. The Hall–Kier alpha value is 0.423. The molecular weight excluding hydrogens is 450 g/mol. The first-order valence-electron chi connectivity index (χ1n) is 9.86. The van der Waals surface area contributed by atoms with Crippen molar-refractivity contribution in [3.8, 4) is 0 Å². The number of halogens is 2. The van der Waals surface area contributed by atoms with Crippen molar-refractivity contribution in [2.24, 2.45) is 22.7 Å². The number of allylic oxidation sites excluding steroid dienone is 8. The summed E-state index contributed by atoms with van der Waals surface area (Å²) in [6, 6.07) is 0. The fourth-order valence-electron chi connectivity index (χ4n) is 3.57. The summed E-state index contributed by atoms with van der Waals surface area (Å²) < 4.78 is 0.635. The van der Waals surface area contributed by atoms with Gasteiger partial charge in [0, 0.05) is 0 Å². The molecular formula is C24H38Cl2Zr. The molecule has 0 fully saturated rings. The third-order valence-corrected chi connectivity index (χ3v) is 11.2. The molecule has 2 rings (SSSR count). The van der Waals surface area contributed by atoms with E-state index >= 15 is 0 Å². The Kier molecular flexibility index (Phi) is 9.20. The summed E-state index contributed by atoms with van der Waals surface area (Å²) in [4.78, 5) is 0. The van der Waals surface area contributed by atoms with E-state index in [0.717, 1.165) is 0 Å². The number of hydrogen-bond acceptors (Lipinski definition) is 0. The molecule has 0 amide bonds. The van der Waals surface area contributed by atoms with E-state index in [1.54, 1.807) is 11.1 Å². The molecule has 2 atom stereocenters. The van der Waals surface area contributed by atoms with Crippen LogP contribution in [0.2, 0.25) is 6.25 Å². The minimum Gasteiger partial charge on any atom is -1.00 e. The van der Waals surface area contributed by atoms with Crippen LogP contribution >= 0.6 is 0 Å². The van der Waals surface area contributed by atoms with Crippen molar-refractivity contribution in [1.82, 2.24) is 0 Å². The first kappa shape index (κ1) is 27.4. The Morgan fingerprint density at radius 2 is 1.00 bits per heavy atom. The zero-order valence-electron chi connectivity index (χ0n) is 18.9. The van der Waals surface area contributed by atoms with Crippen LogP contribution in [0.5, 0.6) is 0 Å². The first-order valence-corrected chi connectivity index (χ1v) is 12.3. The molecule has 0 saturated heterocycles. The summed E-state index contributed by atoms with van der Waals surface area (Å²) in [6.45, 7) is 23.9. The van der Waals surface area contributed by atoms with Gasteiger partial charge in [0.1, 0.15) is 0 Å². The maximum atomic E-state index is 2.61. The van der Waals surface area contributed by atoms with Crippen molar-refractivity contribution in [3.63, 3.8) is 0 Å². The van der Waals surface area contributed by atoms with E-state index in [2.05, 4.69) is 106 Å². The van der Waals surface area contributed by atoms with E-state index in [1.165, 1.54) is 0 Å². The Morgan fingerprint density at radius 1 is 0.704 bits per heavy atom. The maximum absolute atomic E-state index is 2.61. The van der Waals surface area contributed by atoms with Gasteiger partial charge in [0.05, 0.1) is 0 Å². The van der Waals surface area contributed by atoms with Gasteiger partial charge in [-0.05, 0) is 0 Å². The van der Waals surface area contributed by atoms with E-state index in [9.17, 15) is 0 Å². The molecule has 0 aromatic rings. The van der Waals surface area contributed by atoms with E-state index in [-0.39, 0.29) is 35.6 Å². The van der Waals surface area contributed by atoms with Crippen LogP contribution < -0.4 is 24.8 Å². The van der Waals surface area contributed by atoms with E-state index < -0.39 is 23.2 Å². The first-order chi connectivity index (χ1) is 11.2. The number of rotatable bonds is 6. The molecule has 0 aromatic carbocycles. The molecule has 2 aliphatic rings. The largest absolute Gasteiger partial charge is 1.00 e. The van der Waals surface area contributed by atoms with Gasteiger partial charge in [0.2, 0.25) is 0 Å². The number of hydrogen-bond donors (Lipinski definition) is 0. The average molecular weight is 489 g/mol. The van der Waals surface area contributed by atoms with Crippen LogP contribution in [-0.2, 0) is 23.2 Å². The normalized spacial score (nSPS) is 27.3. The maximum Gasteiger partial charge on any atom is -1.00 e. The molecule has 3 heteroatoms. The molecule has 27 heavy (non-hydrogen) atoms. The smallest absolute Gasteiger partial charge is 1.00 e. The van der Waals surface area contributed by atoms with Crippen molar-refractivity contribution in [2.45, 2.75) is 75.5 Å². The topological polar surface area (TPSA) is 0 Å². The van der Waals surface area contributed by atoms with Crippen molar-refractivity contribution >= 4 is 0 Å². The van der Waals surface area contributed by atoms with E-state index in [1.807, 2.05) is 0 Å². The second-order valence-electron chi connectivity index (χ2n) is 10.3. The third-order valence-electron chi connectivity index (χ3n) is 7.04. The van der Waals surface area contributed by atoms with Crippen LogP contribution in [0.25, 0.3) is 0 Å². The predicted molar refractivity (Wildman–Crippen MR) is 108 cm³/mol. The van der Waals surface area contributed by atoms with Crippen LogP contribution in [0, 0.1) is 22.7 Å². The second-order valence-corrected chi connectivity index (χ2v) is 16.2. The van der Waals surface area contributed by atoms with Crippen LogP contribution in [0.4, 0.5) is 0 Å². The molecule has 0 aliphatic heterocycles. The van der Waals surface area contributed by atoms with Crippen molar-refractivity contribution < 1.29 is 48.0 Å². The average Bonchev–Trinajstić information content (AvgIpc) is 3.03. The van der Waals surface area contributed by atoms with Crippen LogP contribution in [0.15, 0.2) is 47.6 Å². The molecule has 0 saturated carbocycles. The molecule has 0 radical (unpaired) electrons. The Bertz CT molecular complexity index is 593. The summed E-state index contributed by atoms with van der Waals surface area (Å²) in [6.07, 6.45) is 15.1. The molecule has 0 N–H and O–H groups in total. The van der Waals surface area contributed by atoms with Gasteiger partial charge in [-0.15, -0.1) is 0 Å². The summed E-state index contributed by atoms with van der Waals surface area (Å²) >= 11 is -0.725. The molecule has 152 valence electrons. The summed E-state index contributed by atoms with van der Waals surface area (Å²) in [5.41, 5.74) is 3.62. The Balaban J connectivity index is 0.00000338.